The summed E-state index contributed by atoms with van der Waals surface area (Å²) in [6.07, 6.45) is 7.85. The number of allylic oxidation sites excluding steroid dienone is 2. The molecule has 0 unspecified atom stereocenters. The van der Waals surface area contributed by atoms with Gasteiger partial charge in [0, 0.05) is 24.5 Å². The molecule has 1 fully saturated rings. The van der Waals surface area contributed by atoms with E-state index in [1.807, 2.05) is 36.8 Å². The van der Waals surface area contributed by atoms with E-state index in [0.29, 0.717) is 12.5 Å². The lowest BCUT2D eigenvalue weighted by atomic mass is 9.99. The zero-order valence-electron chi connectivity index (χ0n) is 13.2. The van der Waals surface area contributed by atoms with E-state index in [9.17, 15) is 0 Å². The number of hydrogen-bond donors (Lipinski definition) is 0. The summed E-state index contributed by atoms with van der Waals surface area (Å²) >= 11 is 8.97. The van der Waals surface area contributed by atoms with Gasteiger partial charge < -0.3 is 4.90 Å². The first kappa shape index (κ1) is 16.0. The van der Waals surface area contributed by atoms with Crippen molar-refractivity contribution in [1.82, 2.24) is 15.0 Å². The Bertz CT molecular complexity index is 843. The van der Waals surface area contributed by atoms with Crippen molar-refractivity contribution in [3.05, 3.63) is 62.5 Å². The Morgan fingerprint density at radius 2 is 1.92 bits per heavy atom. The van der Waals surface area contributed by atoms with Crippen LogP contribution in [0.15, 0.2) is 51.1 Å². The summed E-state index contributed by atoms with van der Waals surface area (Å²) < 4.78 is 1.05. The minimum absolute atomic E-state index is 0.522. The Balaban J connectivity index is 1.74. The fraction of sp³-hybridized carbons (Fsp3) is 0.278. The largest absolute Gasteiger partial charge is 0.311 e. The molecule has 0 spiro atoms. The lowest BCUT2D eigenvalue weighted by Gasteiger charge is -2.31. The smallest absolute Gasteiger partial charge is 0.137 e. The van der Waals surface area contributed by atoms with Crippen LogP contribution >= 0.6 is 34.2 Å². The fourth-order valence-electron chi connectivity index (χ4n) is 2.85. The summed E-state index contributed by atoms with van der Waals surface area (Å²) in [5, 5.41) is 0.728. The van der Waals surface area contributed by atoms with Gasteiger partial charge in [0.25, 0.3) is 0 Å². The van der Waals surface area contributed by atoms with E-state index in [0.717, 1.165) is 20.4 Å². The molecule has 4 nitrogen and oxygen atoms in total. The van der Waals surface area contributed by atoms with Crippen LogP contribution in [0.1, 0.15) is 37.1 Å². The lowest BCUT2D eigenvalue weighted by molar-refractivity contribution is 0.897. The van der Waals surface area contributed by atoms with Crippen LogP contribution in [-0.2, 0) is 0 Å². The minimum Gasteiger partial charge on any atom is -0.311 e. The standard InChI is InChI=1S/C18H16ClIN4/c1-11-14(12-4-7-21-8-5-12)10-24(17(19)16(11)20)15-6-9-22-18(23-15)13-2-3-13/h4-9,13H,2-3,10H2,1H3. The molecule has 2 aromatic rings. The van der Waals surface area contributed by atoms with E-state index in [1.54, 1.807) is 0 Å². The zero-order valence-corrected chi connectivity index (χ0v) is 16.1. The van der Waals surface area contributed by atoms with Crippen LogP contribution < -0.4 is 4.90 Å². The minimum atomic E-state index is 0.522. The van der Waals surface area contributed by atoms with Crippen molar-refractivity contribution in [2.24, 2.45) is 0 Å². The fourth-order valence-corrected chi connectivity index (χ4v) is 3.75. The third-order valence-corrected chi connectivity index (χ3v) is 6.46. The summed E-state index contributed by atoms with van der Waals surface area (Å²) in [5.41, 5.74) is 3.62. The van der Waals surface area contributed by atoms with E-state index in [4.69, 9.17) is 16.6 Å². The Morgan fingerprint density at radius 1 is 1.17 bits per heavy atom. The van der Waals surface area contributed by atoms with Crippen molar-refractivity contribution >= 4 is 45.6 Å². The van der Waals surface area contributed by atoms with Gasteiger partial charge in [-0.2, -0.15) is 0 Å². The second-order valence-electron chi connectivity index (χ2n) is 6.08. The summed E-state index contributed by atoms with van der Waals surface area (Å²) in [5.74, 6) is 2.32. The third-order valence-electron chi connectivity index (χ3n) is 4.42. The molecule has 2 aliphatic rings. The molecule has 4 rings (SSSR count). The van der Waals surface area contributed by atoms with E-state index in [-0.39, 0.29) is 0 Å². The van der Waals surface area contributed by atoms with Gasteiger partial charge in [-0.3, -0.25) is 4.98 Å². The van der Waals surface area contributed by atoms with Crippen molar-refractivity contribution in [2.75, 3.05) is 11.4 Å². The quantitative estimate of drug-likeness (QED) is 0.493. The van der Waals surface area contributed by atoms with Crippen molar-refractivity contribution in [2.45, 2.75) is 25.7 Å². The van der Waals surface area contributed by atoms with Gasteiger partial charge in [-0.25, -0.2) is 9.97 Å². The average Bonchev–Trinajstić information content (AvgIpc) is 3.46. The van der Waals surface area contributed by atoms with E-state index in [2.05, 4.69) is 44.4 Å². The number of pyridine rings is 1. The number of halogens is 2. The van der Waals surface area contributed by atoms with E-state index >= 15 is 0 Å². The molecule has 0 bridgehead atoms. The second kappa shape index (κ2) is 6.44. The molecule has 0 N–H and O–H groups in total. The molecule has 3 heterocycles. The summed E-state index contributed by atoms with van der Waals surface area (Å²) in [7, 11) is 0. The highest BCUT2D eigenvalue weighted by molar-refractivity contribution is 14.1. The first-order valence-electron chi connectivity index (χ1n) is 7.91. The average molecular weight is 451 g/mol. The van der Waals surface area contributed by atoms with E-state index < -0.39 is 0 Å². The van der Waals surface area contributed by atoms with Gasteiger partial charge in [-0.05, 0) is 77.3 Å². The highest BCUT2D eigenvalue weighted by atomic mass is 127. The predicted octanol–water partition coefficient (Wildman–Crippen LogP) is 4.89. The zero-order chi connectivity index (χ0) is 16.7. The molecule has 0 atom stereocenters. The molecule has 0 radical (unpaired) electrons. The monoisotopic (exact) mass is 450 g/mol. The van der Waals surface area contributed by atoms with Crippen molar-refractivity contribution in [3.8, 4) is 0 Å². The first-order chi connectivity index (χ1) is 11.6. The summed E-state index contributed by atoms with van der Waals surface area (Å²) in [6.45, 7) is 2.81. The van der Waals surface area contributed by atoms with Crippen LogP contribution in [0.4, 0.5) is 5.82 Å². The molecular weight excluding hydrogens is 435 g/mol. The summed E-state index contributed by atoms with van der Waals surface area (Å²) in [6, 6.07) is 6.01. The van der Waals surface area contributed by atoms with Crippen LogP contribution in [-0.4, -0.2) is 21.5 Å². The molecule has 122 valence electrons. The Kier molecular flexibility index (Phi) is 4.30. The normalized spacial score (nSPS) is 18.4. The van der Waals surface area contributed by atoms with Gasteiger partial charge in [0.15, 0.2) is 0 Å². The Morgan fingerprint density at radius 3 is 2.62 bits per heavy atom. The SMILES string of the molecule is CC1=C(c2ccncc2)CN(c2ccnc(C3CC3)n2)C(Cl)=C1I. The van der Waals surface area contributed by atoms with Gasteiger partial charge in [-0.15, -0.1) is 0 Å². The van der Waals surface area contributed by atoms with Crippen LogP contribution in [0.2, 0.25) is 0 Å². The van der Waals surface area contributed by atoms with Gasteiger partial charge in [0.05, 0.1) is 10.1 Å². The maximum Gasteiger partial charge on any atom is 0.137 e. The Hall–Kier alpha value is -1.47. The molecule has 24 heavy (non-hydrogen) atoms. The van der Waals surface area contributed by atoms with Crippen molar-refractivity contribution in [1.29, 1.82) is 0 Å². The molecule has 0 saturated heterocycles. The maximum absolute atomic E-state index is 6.65. The third kappa shape index (κ3) is 2.95. The number of aromatic nitrogens is 3. The molecule has 0 amide bonds. The van der Waals surface area contributed by atoms with Crippen LogP contribution in [0.3, 0.4) is 0 Å². The number of rotatable bonds is 3. The van der Waals surface area contributed by atoms with Crippen molar-refractivity contribution in [3.63, 3.8) is 0 Å². The van der Waals surface area contributed by atoms with Gasteiger partial charge in [0.1, 0.15) is 16.8 Å². The molecule has 2 aromatic heterocycles. The van der Waals surface area contributed by atoms with Gasteiger partial charge >= 0.3 is 0 Å². The molecule has 1 aliphatic heterocycles. The molecule has 0 aromatic carbocycles. The molecular formula is C18H16ClIN4. The van der Waals surface area contributed by atoms with Crippen LogP contribution in [0.25, 0.3) is 5.57 Å². The maximum atomic E-state index is 6.65. The second-order valence-corrected chi connectivity index (χ2v) is 7.51. The molecule has 6 heteroatoms. The predicted molar refractivity (Wildman–Crippen MR) is 105 cm³/mol. The first-order valence-corrected chi connectivity index (χ1v) is 9.37. The number of hydrogen-bond acceptors (Lipinski definition) is 4. The van der Waals surface area contributed by atoms with Crippen molar-refractivity contribution < 1.29 is 0 Å². The molecule has 1 saturated carbocycles. The highest BCUT2D eigenvalue weighted by Crippen LogP contribution is 2.41. The van der Waals surface area contributed by atoms with Crippen LogP contribution in [0, 0.1) is 0 Å². The number of anilines is 1. The van der Waals surface area contributed by atoms with Gasteiger partial charge in [-0.1, -0.05) is 11.6 Å². The number of nitrogens with zero attached hydrogens (tertiary/aromatic N) is 4. The Labute approximate surface area is 159 Å². The highest BCUT2D eigenvalue weighted by Gasteiger charge is 2.29. The molecule has 1 aliphatic carbocycles. The topological polar surface area (TPSA) is 41.9 Å². The van der Waals surface area contributed by atoms with E-state index in [1.165, 1.54) is 29.6 Å². The van der Waals surface area contributed by atoms with Gasteiger partial charge in [0.2, 0.25) is 0 Å². The van der Waals surface area contributed by atoms with Crippen LogP contribution in [0.5, 0.6) is 0 Å². The lowest BCUT2D eigenvalue weighted by Crippen LogP contribution is -2.28. The summed E-state index contributed by atoms with van der Waals surface area (Å²) in [4.78, 5) is 15.4.